The minimum Gasteiger partial charge on any atom is -0.481 e. The van der Waals surface area contributed by atoms with Gasteiger partial charge in [-0.05, 0) is 24.6 Å². The molecule has 0 aliphatic carbocycles. The van der Waals surface area contributed by atoms with Gasteiger partial charge in [0, 0.05) is 11.4 Å². The normalized spacial score (nSPS) is 10.8. The lowest BCUT2D eigenvalue weighted by atomic mass is 10.3. The summed E-state index contributed by atoms with van der Waals surface area (Å²) >= 11 is 13.3. The lowest BCUT2D eigenvalue weighted by Gasteiger charge is -2.11. The molecule has 0 atom stereocenters. The smallest absolute Gasteiger partial charge is 0.313 e. The van der Waals surface area contributed by atoms with E-state index in [0.717, 1.165) is 30.4 Å². The average molecular weight is 346 g/mol. The second-order valence-electron chi connectivity index (χ2n) is 4.26. The van der Waals surface area contributed by atoms with Crippen LogP contribution in [0.2, 0.25) is 10.0 Å². The Morgan fingerprint density at radius 2 is 2.14 bits per heavy atom. The molecule has 2 aromatic rings. The molecule has 5 nitrogen and oxygen atoms in total. The fourth-order valence-corrected chi connectivity index (χ4v) is 2.99. The van der Waals surface area contributed by atoms with Crippen molar-refractivity contribution in [1.82, 2.24) is 14.8 Å². The maximum atomic E-state index is 10.7. The van der Waals surface area contributed by atoms with Gasteiger partial charge in [-0.25, -0.2) is 0 Å². The van der Waals surface area contributed by atoms with Crippen molar-refractivity contribution in [2.24, 2.45) is 0 Å². The van der Waals surface area contributed by atoms with Crippen LogP contribution < -0.4 is 0 Å². The summed E-state index contributed by atoms with van der Waals surface area (Å²) < 4.78 is 1.79. The van der Waals surface area contributed by atoms with E-state index in [2.05, 4.69) is 10.2 Å². The van der Waals surface area contributed by atoms with E-state index in [1.807, 2.05) is 6.92 Å². The third-order valence-corrected chi connectivity index (χ3v) is 4.10. The molecule has 0 aliphatic heterocycles. The van der Waals surface area contributed by atoms with E-state index in [4.69, 9.17) is 28.3 Å². The minimum atomic E-state index is -0.909. The number of halogens is 2. The van der Waals surface area contributed by atoms with Gasteiger partial charge in [-0.3, -0.25) is 9.36 Å². The Balaban J connectivity index is 2.47. The highest BCUT2D eigenvalue weighted by Crippen LogP contribution is 2.29. The Labute approximate surface area is 136 Å². The van der Waals surface area contributed by atoms with Crippen molar-refractivity contribution in [1.29, 1.82) is 0 Å². The van der Waals surface area contributed by atoms with Gasteiger partial charge < -0.3 is 5.11 Å². The molecule has 112 valence electrons. The summed E-state index contributed by atoms with van der Waals surface area (Å²) in [5, 5.41) is 18.5. The zero-order valence-electron chi connectivity index (χ0n) is 11.2. The van der Waals surface area contributed by atoms with Gasteiger partial charge in [0.1, 0.15) is 5.82 Å². The standard InChI is InChI=1S/C13H13Cl2N3O2S/c1-2-3-11-16-17-13(21-7-12(19)20)18(11)10-5-4-8(14)6-9(10)15/h4-6H,2-3,7H2,1H3,(H,19,20). The maximum Gasteiger partial charge on any atom is 0.313 e. The van der Waals surface area contributed by atoms with Crippen LogP contribution in [0.25, 0.3) is 5.69 Å². The number of rotatable bonds is 6. The molecule has 8 heteroatoms. The zero-order chi connectivity index (χ0) is 15.4. The number of nitrogens with zero attached hydrogens (tertiary/aromatic N) is 3. The van der Waals surface area contributed by atoms with Gasteiger partial charge in [-0.2, -0.15) is 0 Å². The second kappa shape index (κ2) is 7.15. The fraction of sp³-hybridized carbons (Fsp3) is 0.308. The molecule has 0 aliphatic rings. The Bertz CT molecular complexity index is 661. The molecular formula is C13H13Cl2N3O2S. The first-order valence-corrected chi connectivity index (χ1v) is 8.01. The highest BCUT2D eigenvalue weighted by atomic mass is 35.5. The van der Waals surface area contributed by atoms with Crippen molar-refractivity contribution in [3.05, 3.63) is 34.1 Å². The second-order valence-corrected chi connectivity index (χ2v) is 6.05. The minimum absolute atomic E-state index is 0.0878. The van der Waals surface area contributed by atoms with Gasteiger partial charge in [-0.15, -0.1) is 10.2 Å². The molecule has 0 fully saturated rings. The Morgan fingerprint density at radius 3 is 2.76 bits per heavy atom. The average Bonchev–Trinajstić information content (AvgIpc) is 2.80. The van der Waals surface area contributed by atoms with Crippen molar-refractivity contribution in [3.63, 3.8) is 0 Å². The summed E-state index contributed by atoms with van der Waals surface area (Å²) in [5.74, 6) is -0.251. The van der Waals surface area contributed by atoms with E-state index in [1.54, 1.807) is 22.8 Å². The number of thioether (sulfide) groups is 1. The van der Waals surface area contributed by atoms with Crippen LogP contribution in [0, 0.1) is 0 Å². The number of hydrogen-bond acceptors (Lipinski definition) is 4. The Hall–Kier alpha value is -1.24. The van der Waals surface area contributed by atoms with Gasteiger partial charge in [0.25, 0.3) is 0 Å². The van der Waals surface area contributed by atoms with E-state index in [0.29, 0.717) is 20.9 Å². The van der Waals surface area contributed by atoms with Crippen molar-refractivity contribution >= 4 is 40.9 Å². The van der Waals surface area contributed by atoms with Crippen LogP contribution in [-0.4, -0.2) is 31.6 Å². The third kappa shape index (κ3) is 3.90. The molecule has 1 aromatic heterocycles. The number of aromatic nitrogens is 3. The van der Waals surface area contributed by atoms with Crippen molar-refractivity contribution in [3.8, 4) is 5.69 Å². The van der Waals surface area contributed by atoms with Gasteiger partial charge in [0.15, 0.2) is 5.16 Å². The molecule has 1 N–H and O–H groups in total. The summed E-state index contributed by atoms with van der Waals surface area (Å²) in [4.78, 5) is 10.7. The first-order valence-electron chi connectivity index (χ1n) is 6.27. The van der Waals surface area contributed by atoms with Gasteiger partial charge in [0.05, 0.1) is 16.5 Å². The summed E-state index contributed by atoms with van der Waals surface area (Å²) in [6.45, 7) is 2.03. The molecular weight excluding hydrogens is 333 g/mol. The van der Waals surface area contributed by atoms with Crippen molar-refractivity contribution < 1.29 is 9.90 Å². The van der Waals surface area contributed by atoms with Crippen LogP contribution in [0.1, 0.15) is 19.2 Å². The van der Waals surface area contributed by atoms with E-state index in [-0.39, 0.29) is 5.75 Å². The Morgan fingerprint density at radius 1 is 1.38 bits per heavy atom. The fourth-order valence-electron chi connectivity index (χ4n) is 1.81. The summed E-state index contributed by atoms with van der Waals surface area (Å²) in [7, 11) is 0. The maximum absolute atomic E-state index is 10.7. The summed E-state index contributed by atoms with van der Waals surface area (Å²) in [6.07, 6.45) is 1.62. The number of carbonyl (C=O) groups is 1. The molecule has 1 heterocycles. The third-order valence-electron chi connectivity index (χ3n) is 2.65. The zero-order valence-corrected chi connectivity index (χ0v) is 13.5. The number of carboxylic acid groups (broad SMARTS) is 1. The highest BCUT2D eigenvalue weighted by molar-refractivity contribution is 7.99. The number of aryl methyl sites for hydroxylation is 1. The molecule has 0 unspecified atom stereocenters. The molecule has 0 saturated carbocycles. The summed E-state index contributed by atoms with van der Waals surface area (Å²) in [6, 6.07) is 5.14. The van der Waals surface area contributed by atoms with Crippen LogP contribution in [0.3, 0.4) is 0 Å². The first kappa shape index (κ1) is 16.1. The topological polar surface area (TPSA) is 68.0 Å². The lowest BCUT2D eigenvalue weighted by Crippen LogP contribution is -2.05. The molecule has 0 radical (unpaired) electrons. The quantitative estimate of drug-likeness (QED) is 0.808. The van der Waals surface area contributed by atoms with Gasteiger partial charge in [-0.1, -0.05) is 41.9 Å². The Kier molecular flexibility index (Phi) is 5.50. The molecule has 0 bridgehead atoms. The molecule has 0 saturated heterocycles. The lowest BCUT2D eigenvalue weighted by molar-refractivity contribution is -0.133. The van der Waals surface area contributed by atoms with Crippen LogP contribution in [0.15, 0.2) is 23.4 Å². The number of carboxylic acids is 1. The molecule has 1 aromatic carbocycles. The largest absolute Gasteiger partial charge is 0.481 e. The van der Waals surface area contributed by atoms with Crippen LogP contribution in [-0.2, 0) is 11.2 Å². The van der Waals surface area contributed by atoms with E-state index in [9.17, 15) is 4.79 Å². The van der Waals surface area contributed by atoms with Gasteiger partial charge >= 0.3 is 5.97 Å². The van der Waals surface area contributed by atoms with Crippen LogP contribution in [0.4, 0.5) is 0 Å². The van der Waals surface area contributed by atoms with E-state index < -0.39 is 5.97 Å². The van der Waals surface area contributed by atoms with Gasteiger partial charge in [0.2, 0.25) is 0 Å². The summed E-state index contributed by atoms with van der Waals surface area (Å²) in [5.41, 5.74) is 0.697. The monoisotopic (exact) mass is 345 g/mol. The predicted octanol–water partition coefficient (Wildman–Crippen LogP) is 3.70. The molecule has 2 rings (SSSR count). The van der Waals surface area contributed by atoms with Crippen LogP contribution in [0.5, 0.6) is 0 Å². The van der Waals surface area contributed by atoms with E-state index >= 15 is 0 Å². The number of benzene rings is 1. The highest BCUT2D eigenvalue weighted by Gasteiger charge is 2.17. The predicted molar refractivity (Wildman–Crippen MR) is 83.7 cm³/mol. The molecule has 0 spiro atoms. The van der Waals surface area contributed by atoms with E-state index in [1.165, 1.54) is 0 Å². The first-order chi connectivity index (χ1) is 10.0. The van der Waals surface area contributed by atoms with Crippen LogP contribution >= 0.6 is 35.0 Å². The van der Waals surface area contributed by atoms with Crippen molar-refractivity contribution in [2.45, 2.75) is 24.9 Å². The number of aliphatic carboxylic acids is 1. The molecule has 21 heavy (non-hydrogen) atoms. The van der Waals surface area contributed by atoms with Crippen molar-refractivity contribution in [2.75, 3.05) is 5.75 Å². The SMILES string of the molecule is CCCc1nnc(SCC(=O)O)n1-c1ccc(Cl)cc1Cl. The molecule has 0 amide bonds. The number of hydrogen-bond donors (Lipinski definition) is 1.